The van der Waals surface area contributed by atoms with Crippen molar-refractivity contribution in [2.24, 2.45) is 5.92 Å². The Bertz CT molecular complexity index is 549. The fourth-order valence-electron chi connectivity index (χ4n) is 2.55. The minimum atomic E-state index is -0.882. The van der Waals surface area contributed by atoms with Crippen molar-refractivity contribution in [1.82, 2.24) is 4.90 Å². The van der Waals surface area contributed by atoms with Gasteiger partial charge in [-0.25, -0.2) is 4.39 Å². The van der Waals surface area contributed by atoms with Gasteiger partial charge in [-0.15, -0.1) is 0 Å². The molecule has 0 radical (unpaired) electrons. The number of carboxylic acid groups (broad SMARTS) is 1. The van der Waals surface area contributed by atoms with Gasteiger partial charge in [0.15, 0.2) is 0 Å². The van der Waals surface area contributed by atoms with Crippen molar-refractivity contribution < 1.29 is 19.1 Å². The average molecular weight is 300 g/mol. The number of benzene rings is 1. The number of amides is 1. The summed E-state index contributed by atoms with van der Waals surface area (Å²) in [7, 11) is 0. The topological polar surface area (TPSA) is 57.6 Å². The van der Waals surface area contributed by atoms with Crippen molar-refractivity contribution in [3.05, 3.63) is 34.6 Å². The highest BCUT2D eigenvalue weighted by Gasteiger charge is 2.37. The highest BCUT2D eigenvalue weighted by molar-refractivity contribution is 6.31. The molecule has 2 unspecified atom stereocenters. The zero-order valence-corrected chi connectivity index (χ0v) is 11.7. The van der Waals surface area contributed by atoms with Crippen molar-refractivity contribution in [2.45, 2.75) is 25.8 Å². The van der Waals surface area contributed by atoms with Crippen molar-refractivity contribution >= 4 is 23.5 Å². The van der Waals surface area contributed by atoms with E-state index in [-0.39, 0.29) is 23.4 Å². The van der Waals surface area contributed by atoms with E-state index in [9.17, 15) is 14.0 Å². The van der Waals surface area contributed by atoms with Crippen molar-refractivity contribution in [3.8, 4) is 0 Å². The quantitative estimate of drug-likeness (QED) is 0.932. The first-order valence-electron chi connectivity index (χ1n) is 6.36. The van der Waals surface area contributed by atoms with Gasteiger partial charge >= 0.3 is 5.97 Å². The van der Waals surface area contributed by atoms with Gasteiger partial charge in [-0.1, -0.05) is 17.7 Å². The second kappa shape index (κ2) is 5.79. The van der Waals surface area contributed by atoms with Crippen molar-refractivity contribution in [3.63, 3.8) is 0 Å². The number of aliphatic carboxylic acids is 1. The maximum atomic E-state index is 12.9. The lowest BCUT2D eigenvalue weighted by molar-refractivity contribution is -0.143. The second-order valence-electron chi connectivity index (χ2n) is 4.97. The number of carbonyl (C=O) groups excluding carboxylic acids is 1. The highest BCUT2D eigenvalue weighted by atomic mass is 35.5. The highest BCUT2D eigenvalue weighted by Crippen LogP contribution is 2.26. The summed E-state index contributed by atoms with van der Waals surface area (Å²) in [4.78, 5) is 24.8. The molecule has 2 rings (SSSR count). The number of nitrogens with zero attached hydrogens (tertiary/aromatic N) is 1. The summed E-state index contributed by atoms with van der Waals surface area (Å²) in [5.41, 5.74) is 0.545. The van der Waals surface area contributed by atoms with E-state index < -0.39 is 17.7 Å². The molecule has 0 spiro atoms. The lowest BCUT2D eigenvalue weighted by atomic mass is 10.0. The maximum absolute atomic E-state index is 12.9. The molecule has 4 nitrogen and oxygen atoms in total. The summed E-state index contributed by atoms with van der Waals surface area (Å²) in [6, 6.07) is 3.56. The largest absolute Gasteiger partial charge is 0.481 e. The molecule has 1 saturated heterocycles. The lowest BCUT2D eigenvalue weighted by Gasteiger charge is -2.23. The van der Waals surface area contributed by atoms with Crippen LogP contribution in [0.25, 0.3) is 0 Å². The van der Waals surface area contributed by atoms with E-state index in [1.54, 1.807) is 11.8 Å². The Morgan fingerprint density at radius 3 is 2.75 bits per heavy atom. The van der Waals surface area contributed by atoms with Crippen LogP contribution in [0, 0.1) is 11.7 Å². The van der Waals surface area contributed by atoms with Crippen LogP contribution in [0.5, 0.6) is 0 Å². The molecule has 20 heavy (non-hydrogen) atoms. The van der Waals surface area contributed by atoms with Crippen LogP contribution in [-0.2, 0) is 16.0 Å². The molecular weight excluding hydrogens is 285 g/mol. The SMILES string of the molecule is CC1C(C(=O)O)CCN1C(=O)Cc1ccc(F)cc1Cl. The molecular formula is C14H15ClFNO3. The average Bonchev–Trinajstić information content (AvgIpc) is 2.74. The number of carboxylic acids is 1. The molecule has 0 aliphatic carbocycles. The standard InChI is InChI=1S/C14H15ClFNO3/c1-8-11(14(19)20)4-5-17(8)13(18)6-9-2-3-10(16)7-12(9)15/h2-3,7-8,11H,4-6H2,1H3,(H,19,20). The molecule has 108 valence electrons. The predicted molar refractivity (Wildman–Crippen MR) is 72.0 cm³/mol. The molecule has 6 heteroatoms. The molecule has 1 heterocycles. The second-order valence-corrected chi connectivity index (χ2v) is 5.38. The van der Waals surface area contributed by atoms with Crippen LogP contribution in [0.1, 0.15) is 18.9 Å². The summed E-state index contributed by atoms with van der Waals surface area (Å²) in [6.07, 6.45) is 0.509. The third-order valence-corrected chi connectivity index (χ3v) is 4.10. The molecule has 0 saturated carbocycles. The Kier molecular flexibility index (Phi) is 4.28. The summed E-state index contributed by atoms with van der Waals surface area (Å²) < 4.78 is 12.9. The van der Waals surface area contributed by atoms with Gasteiger partial charge in [0, 0.05) is 17.6 Å². The van der Waals surface area contributed by atoms with E-state index in [1.165, 1.54) is 12.1 Å². The zero-order chi connectivity index (χ0) is 14.9. The van der Waals surface area contributed by atoms with Crippen LogP contribution in [0.4, 0.5) is 4.39 Å². The van der Waals surface area contributed by atoms with Gasteiger partial charge in [0.25, 0.3) is 0 Å². The van der Waals surface area contributed by atoms with Crippen LogP contribution < -0.4 is 0 Å². The molecule has 1 fully saturated rings. The number of carbonyl (C=O) groups is 2. The minimum Gasteiger partial charge on any atom is -0.481 e. The van der Waals surface area contributed by atoms with Gasteiger partial charge in [0.1, 0.15) is 5.82 Å². The number of rotatable bonds is 3. The molecule has 1 amide bonds. The molecule has 1 aliphatic heterocycles. The minimum absolute atomic E-state index is 0.0514. The first-order valence-corrected chi connectivity index (χ1v) is 6.74. The van der Waals surface area contributed by atoms with Crippen LogP contribution in [-0.4, -0.2) is 34.5 Å². The molecule has 1 aromatic rings. The first kappa shape index (κ1) is 14.8. The smallest absolute Gasteiger partial charge is 0.308 e. The van der Waals surface area contributed by atoms with Gasteiger partial charge in [0.05, 0.1) is 12.3 Å². The van der Waals surface area contributed by atoms with Gasteiger partial charge < -0.3 is 10.0 Å². The van der Waals surface area contributed by atoms with E-state index in [4.69, 9.17) is 16.7 Å². The maximum Gasteiger partial charge on any atom is 0.308 e. The third-order valence-electron chi connectivity index (χ3n) is 3.75. The number of halogens is 2. The van der Waals surface area contributed by atoms with E-state index in [2.05, 4.69) is 0 Å². The molecule has 2 atom stereocenters. The predicted octanol–water partition coefficient (Wildman–Crippen LogP) is 2.34. The Labute approximate surface area is 121 Å². The number of hydrogen-bond acceptors (Lipinski definition) is 2. The molecule has 0 bridgehead atoms. The monoisotopic (exact) mass is 299 g/mol. The Balaban J connectivity index is 2.07. The van der Waals surface area contributed by atoms with Crippen LogP contribution in [0.3, 0.4) is 0 Å². The Hall–Kier alpha value is -1.62. The molecule has 0 aromatic heterocycles. The van der Waals surface area contributed by atoms with Crippen LogP contribution in [0.2, 0.25) is 5.02 Å². The summed E-state index contributed by atoms with van der Waals surface area (Å²) in [5.74, 6) is -2.04. The normalized spacial score (nSPS) is 22.1. The van der Waals surface area contributed by atoms with E-state index in [0.29, 0.717) is 18.5 Å². The van der Waals surface area contributed by atoms with E-state index in [1.807, 2.05) is 0 Å². The lowest BCUT2D eigenvalue weighted by Crippen LogP contribution is -2.38. The Morgan fingerprint density at radius 2 is 2.20 bits per heavy atom. The van der Waals surface area contributed by atoms with E-state index >= 15 is 0 Å². The third kappa shape index (κ3) is 2.93. The zero-order valence-electron chi connectivity index (χ0n) is 11.0. The summed E-state index contributed by atoms with van der Waals surface area (Å²) >= 11 is 5.89. The molecule has 1 aliphatic rings. The molecule has 1 aromatic carbocycles. The van der Waals surface area contributed by atoms with E-state index in [0.717, 1.165) is 6.07 Å². The summed E-state index contributed by atoms with van der Waals surface area (Å²) in [5, 5.41) is 9.26. The first-order chi connectivity index (χ1) is 9.40. The van der Waals surface area contributed by atoms with Gasteiger partial charge in [-0.2, -0.15) is 0 Å². The van der Waals surface area contributed by atoms with Crippen molar-refractivity contribution in [2.75, 3.05) is 6.54 Å². The van der Waals surface area contributed by atoms with Gasteiger partial charge in [0.2, 0.25) is 5.91 Å². The van der Waals surface area contributed by atoms with Crippen LogP contribution >= 0.6 is 11.6 Å². The van der Waals surface area contributed by atoms with Crippen molar-refractivity contribution in [1.29, 1.82) is 0 Å². The fraction of sp³-hybridized carbons (Fsp3) is 0.429. The fourth-order valence-corrected chi connectivity index (χ4v) is 2.79. The van der Waals surface area contributed by atoms with Gasteiger partial charge in [-0.3, -0.25) is 9.59 Å². The van der Waals surface area contributed by atoms with Gasteiger partial charge in [-0.05, 0) is 31.0 Å². The number of likely N-dealkylation sites (tertiary alicyclic amines) is 1. The number of hydrogen-bond donors (Lipinski definition) is 1. The molecule has 1 N–H and O–H groups in total. The Morgan fingerprint density at radius 1 is 1.50 bits per heavy atom. The van der Waals surface area contributed by atoms with Crippen LogP contribution in [0.15, 0.2) is 18.2 Å². The summed E-state index contributed by atoms with van der Waals surface area (Å²) in [6.45, 7) is 2.16.